The molecule has 15 heavy (non-hydrogen) atoms. The number of aliphatic hydroxyl groups excluding tert-OH is 1. The van der Waals surface area contributed by atoms with Gasteiger partial charge >= 0.3 is 0 Å². The van der Waals surface area contributed by atoms with E-state index in [2.05, 4.69) is 13.0 Å². The predicted molar refractivity (Wildman–Crippen MR) is 65.4 cm³/mol. The Morgan fingerprint density at radius 1 is 1.27 bits per heavy atom. The van der Waals surface area contributed by atoms with Gasteiger partial charge in [0, 0.05) is 5.02 Å². The molecule has 1 nitrogen and oxygen atoms in total. The molecule has 0 aromatic heterocycles. The lowest BCUT2D eigenvalue weighted by molar-refractivity contribution is 0.180. The number of rotatable bonds is 5. The molecule has 0 amide bonds. The Kier molecular flexibility index (Phi) is 5.13. The maximum absolute atomic E-state index is 9.16. The zero-order valence-electron chi connectivity index (χ0n) is 9.41. The van der Waals surface area contributed by atoms with Crippen molar-refractivity contribution in [3.05, 3.63) is 34.9 Å². The van der Waals surface area contributed by atoms with Gasteiger partial charge in [-0.2, -0.15) is 0 Å². The molecule has 1 N–H and O–H groups in total. The van der Waals surface area contributed by atoms with Crippen LogP contribution in [0.2, 0.25) is 5.02 Å². The molecule has 2 atom stereocenters. The van der Waals surface area contributed by atoms with Crippen molar-refractivity contribution in [1.82, 2.24) is 0 Å². The Bertz CT molecular complexity index is 296. The Morgan fingerprint density at radius 2 is 2.00 bits per heavy atom. The fraction of sp³-hybridized carbons (Fsp3) is 0.538. The summed E-state index contributed by atoms with van der Waals surface area (Å²) < 4.78 is 0. The van der Waals surface area contributed by atoms with E-state index in [0.717, 1.165) is 24.3 Å². The quantitative estimate of drug-likeness (QED) is 0.805. The number of halogens is 1. The Hall–Kier alpha value is -0.530. The van der Waals surface area contributed by atoms with E-state index in [1.165, 1.54) is 5.56 Å². The summed E-state index contributed by atoms with van der Waals surface area (Å²) >= 11 is 5.93. The largest absolute Gasteiger partial charge is 0.393 e. The standard InChI is InChI=1S/C13H19ClO/c1-10(5-3-6-11(2)15)12-7-4-8-13(14)9-12/h4,7-11,15H,3,5-6H2,1-2H3. The van der Waals surface area contributed by atoms with Crippen molar-refractivity contribution >= 4 is 11.6 Å². The first-order valence-corrected chi connectivity index (χ1v) is 5.91. The van der Waals surface area contributed by atoms with E-state index >= 15 is 0 Å². The molecule has 84 valence electrons. The lowest BCUT2D eigenvalue weighted by atomic mass is 9.95. The van der Waals surface area contributed by atoms with Crippen LogP contribution in [0.1, 0.15) is 44.6 Å². The summed E-state index contributed by atoms with van der Waals surface area (Å²) in [5.74, 6) is 0.516. The van der Waals surface area contributed by atoms with Gasteiger partial charge in [-0.05, 0) is 43.4 Å². The third kappa shape index (κ3) is 4.67. The minimum absolute atomic E-state index is 0.184. The Morgan fingerprint density at radius 3 is 2.60 bits per heavy atom. The van der Waals surface area contributed by atoms with Crippen molar-refractivity contribution < 1.29 is 5.11 Å². The third-order valence-electron chi connectivity index (χ3n) is 2.68. The summed E-state index contributed by atoms with van der Waals surface area (Å²) in [5, 5.41) is 9.96. The summed E-state index contributed by atoms with van der Waals surface area (Å²) in [6.45, 7) is 4.04. The maximum Gasteiger partial charge on any atom is 0.0512 e. The van der Waals surface area contributed by atoms with Crippen LogP contribution in [0.25, 0.3) is 0 Å². The normalized spacial score (nSPS) is 14.9. The number of hydrogen-bond acceptors (Lipinski definition) is 1. The van der Waals surface area contributed by atoms with Crippen molar-refractivity contribution in [2.45, 2.75) is 45.1 Å². The van der Waals surface area contributed by atoms with Crippen LogP contribution in [0.4, 0.5) is 0 Å². The molecule has 0 saturated carbocycles. The van der Waals surface area contributed by atoms with Crippen molar-refractivity contribution in [3.63, 3.8) is 0 Å². The second kappa shape index (κ2) is 6.14. The summed E-state index contributed by atoms with van der Waals surface area (Å²) in [4.78, 5) is 0. The molecule has 0 radical (unpaired) electrons. The highest BCUT2D eigenvalue weighted by molar-refractivity contribution is 6.30. The zero-order valence-corrected chi connectivity index (χ0v) is 10.2. The van der Waals surface area contributed by atoms with Gasteiger partial charge in [0.1, 0.15) is 0 Å². The van der Waals surface area contributed by atoms with Crippen LogP contribution >= 0.6 is 11.6 Å². The fourth-order valence-electron chi connectivity index (χ4n) is 1.70. The van der Waals surface area contributed by atoms with E-state index in [1.807, 2.05) is 25.1 Å². The molecule has 0 aliphatic carbocycles. The zero-order chi connectivity index (χ0) is 11.3. The van der Waals surface area contributed by atoms with E-state index in [1.54, 1.807) is 0 Å². The summed E-state index contributed by atoms with van der Waals surface area (Å²) in [6.07, 6.45) is 2.86. The van der Waals surface area contributed by atoms with Gasteiger partial charge < -0.3 is 5.11 Å². The van der Waals surface area contributed by atoms with Gasteiger partial charge in [0.15, 0.2) is 0 Å². The van der Waals surface area contributed by atoms with Crippen LogP contribution in [-0.2, 0) is 0 Å². The van der Waals surface area contributed by atoms with Crippen LogP contribution < -0.4 is 0 Å². The van der Waals surface area contributed by atoms with Gasteiger partial charge in [-0.1, -0.05) is 37.1 Å². The highest BCUT2D eigenvalue weighted by Crippen LogP contribution is 2.24. The molecule has 0 aliphatic rings. The average molecular weight is 227 g/mol. The van der Waals surface area contributed by atoms with E-state index in [9.17, 15) is 0 Å². The summed E-state index contributed by atoms with van der Waals surface area (Å²) in [5.41, 5.74) is 1.29. The SMILES string of the molecule is CC(O)CCCC(C)c1cccc(Cl)c1. The molecule has 0 fully saturated rings. The van der Waals surface area contributed by atoms with Crippen molar-refractivity contribution in [1.29, 1.82) is 0 Å². The highest BCUT2D eigenvalue weighted by atomic mass is 35.5. The van der Waals surface area contributed by atoms with Gasteiger partial charge in [-0.25, -0.2) is 0 Å². The van der Waals surface area contributed by atoms with E-state index in [4.69, 9.17) is 16.7 Å². The molecule has 0 heterocycles. The third-order valence-corrected chi connectivity index (χ3v) is 2.91. The van der Waals surface area contributed by atoms with Crippen LogP contribution in [0, 0.1) is 0 Å². The smallest absolute Gasteiger partial charge is 0.0512 e. The molecule has 1 aromatic rings. The van der Waals surface area contributed by atoms with Gasteiger partial charge in [0.05, 0.1) is 6.10 Å². The van der Waals surface area contributed by atoms with E-state index in [-0.39, 0.29) is 6.10 Å². The van der Waals surface area contributed by atoms with Gasteiger partial charge in [-0.3, -0.25) is 0 Å². The number of aliphatic hydroxyl groups is 1. The molecule has 0 saturated heterocycles. The molecule has 2 heteroatoms. The topological polar surface area (TPSA) is 20.2 Å². The van der Waals surface area contributed by atoms with Crippen molar-refractivity contribution in [2.24, 2.45) is 0 Å². The number of hydrogen-bond donors (Lipinski definition) is 1. The lowest BCUT2D eigenvalue weighted by Crippen LogP contribution is -2.01. The monoisotopic (exact) mass is 226 g/mol. The van der Waals surface area contributed by atoms with Crippen molar-refractivity contribution in [3.8, 4) is 0 Å². The Labute approximate surface area is 97.1 Å². The first-order valence-electron chi connectivity index (χ1n) is 5.53. The van der Waals surface area contributed by atoms with E-state index in [0.29, 0.717) is 5.92 Å². The highest BCUT2D eigenvalue weighted by Gasteiger charge is 2.06. The second-order valence-corrected chi connectivity index (χ2v) is 4.67. The average Bonchev–Trinajstić information content (AvgIpc) is 2.17. The molecule has 0 bridgehead atoms. The molecule has 1 rings (SSSR count). The first-order chi connectivity index (χ1) is 7.09. The van der Waals surface area contributed by atoms with Gasteiger partial charge in [-0.15, -0.1) is 0 Å². The van der Waals surface area contributed by atoms with Crippen LogP contribution in [0.5, 0.6) is 0 Å². The first kappa shape index (κ1) is 12.5. The van der Waals surface area contributed by atoms with E-state index < -0.39 is 0 Å². The van der Waals surface area contributed by atoms with Crippen molar-refractivity contribution in [2.75, 3.05) is 0 Å². The van der Waals surface area contributed by atoms with Crippen LogP contribution in [0.3, 0.4) is 0 Å². The van der Waals surface area contributed by atoms with Crippen LogP contribution in [0.15, 0.2) is 24.3 Å². The molecule has 1 aromatic carbocycles. The Balaban J connectivity index is 2.43. The summed E-state index contributed by atoms with van der Waals surface area (Å²) in [6, 6.07) is 8.02. The second-order valence-electron chi connectivity index (χ2n) is 4.24. The number of benzene rings is 1. The van der Waals surface area contributed by atoms with Crippen LogP contribution in [-0.4, -0.2) is 11.2 Å². The molecular weight excluding hydrogens is 208 g/mol. The lowest BCUT2D eigenvalue weighted by Gasteiger charge is -2.12. The minimum Gasteiger partial charge on any atom is -0.393 e. The van der Waals surface area contributed by atoms with Gasteiger partial charge in [0.25, 0.3) is 0 Å². The maximum atomic E-state index is 9.16. The fourth-order valence-corrected chi connectivity index (χ4v) is 1.90. The molecular formula is C13H19ClO. The predicted octanol–water partition coefficient (Wildman–Crippen LogP) is 3.99. The molecule has 0 aliphatic heterocycles. The molecule has 0 spiro atoms. The molecule has 2 unspecified atom stereocenters. The summed E-state index contributed by atoms with van der Waals surface area (Å²) in [7, 11) is 0. The minimum atomic E-state index is -0.184. The van der Waals surface area contributed by atoms with Gasteiger partial charge in [0.2, 0.25) is 0 Å².